The van der Waals surface area contributed by atoms with E-state index in [4.69, 9.17) is 0 Å². The van der Waals surface area contributed by atoms with E-state index >= 15 is 0 Å². The van der Waals surface area contributed by atoms with E-state index in [1.807, 2.05) is 31.2 Å². The lowest BCUT2D eigenvalue weighted by Crippen LogP contribution is -2.02. The Balaban J connectivity index is 2.53. The van der Waals surface area contributed by atoms with Crippen molar-refractivity contribution in [3.63, 3.8) is 0 Å². The second-order valence-corrected chi connectivity index (χ2v) is 5.22. The van der Waals surface area contributed by atoms with Crippen molar-refractivity contribution in [3.8, 4) is 0 Å². The molecule has 0 fully saturated rings. The van der Waals surface area contributed by atoms with Crippen LogP contribution in [0.15, 0.2) is 29.3 Å². The monoisotopic (exact) mass is 264 g/mol. The average Bonchev–Trinajstić information content (AvgIpc) is 2.29. The minimum atomic E-state index is -0.187. The van der Waals surface area contributed by atoms with E-state index in [9.17, 15) is 4.79 Å². The molecule has 0 saturated heterocycles. The Morgan fingerprint density at radius 3 is 2.53 bits per heavy atom. The minimum absolute atomic E-state index is 0.187. The molecular formula is C12H12N2OS2. The van der Waals surface area contributed by atoms with Crippen molar-refractivity contribution in [2.45, 2.75) is 18.4 Å². The molecule has 0 radical (unpaired) electrons. The molecule has 0 atom stereocenters. The molecule has 0 aliphatic rings. The molecule has 0 bridgehead atoms. The number of hydrogen-bond acceptors (Lipinski definition) is 4. The summed E-state index contributed by atoms with van der Waals surface area (Å²) in [5, 5.41) is 0.640. The number of fused-ring (bicyclic) bond motifs is 1. The molecule has 0 spiro atoms. The summed E-state index contributed by atoms with van der Waals surface area (Å²) in [6, 6.07) is 7.67. The first-order valence-electron chi connectivity index (χ1n) is 5.31. The van der Waals surface area contributed by atoms with Crippen molar-refractivity contribution in [1.82, 2.24) is 9.97 Å². The van der Waals surface area contributed by atoms with E-state index in [0.29, 0.717) is 0 Å². The molecule has 5 heteroatoms. The fraction of sp³-hybridized carbons (Fsp3) is 0.250. The summed E-state index contributed by atoms with van der Waals surface area (Å²) in [6.07, 6.45) is 0.225. The zero-order valence-electron chi connectivity index (χ0n) is 9.38. The Bertz CT molecular complexity index is 557. The number of aromatic nitrogens is 2. The highest BCUT2D eigenvalue weighted by atomic mass is 32.2. The highest BCUT2D eigenvalue weighted by molar-refractivity contribution is 7.99. The largest absolute Gasteiger partial charge is 0.287 e. The van der Waals surface area contributed by atoms with Crippen LogP contribution in [0.4, 0.5) is 0 Å². The first kappa shape index (κ1) is 12.4. The number of para-hydroxylation sites is 2. The Labute approximate surface area is 109 Å². The molecule has 2 rings (SSSR count). The molecule has 0 amide bonds. The fourth-order valence-electron chi connectivity index (χ4n) is 1.53. The van der Waals surface area contributed by atoms with Crippen LogP contribution in [-0.2, 0) is 11.2 Å². The summed E-state index contributed by atoms with van der Waals surface area (Å²) in [4.78, 5) is 20.1. The van der Waals surface area contributed by atoms with Gasteiger partial charge in [0.2, 0.25) is 0 Å². The van der Waals surface area contributed by atoms with Crippen LogP contribution in [0, 0.1) is 0 Å². The summed E-state index contributed by atoms with van der Waals surface area (Å²) in [7, 11) is 0. The van der Waals surface area contributed by atoms with Gasteiger partial charge in [-0.15, -0.1) is 24.4 Å². The number of carbonyl (C=O) groups excluding carboxylic acids is 1. The third kappa shape index (κ3) is 2.98. The van der Waals surface area contributed by atoms with Crippen LogP contribution in [0.3, 0.4) is 0 Å². The van der Waals surface area contributed by atoms with E-state index in [1.165, 1.54) is 0 Å². The maximum absolute atomic E-state index is 11.1. The molecule has 0 saturated carbocycles. The summed E-state index contributed by atoms with van der Waals surface area (Å²) >= 11 is 5.40. The van der Waals surface area contributed by atoms with Crippen LogP contribution < -0.4 is 0 Å². The normalized spacial score (nSPS) is 10.7. The Kier molecular flexibility index (Phi) is 4.02. The van der Waals surface area contributed by atoms with Gasteiger partial charge in [-0.1, -0.05) is 19.1 Å². The van der Waals surface area contributed by atoms with Gasteiger partial charge < -0.3 is 0 Å². The van der Waals surface area contributed by atoms with Gasteiger partial charge in [-0.3, -0.25) is 4.79 Å². The van der Waals surface area contributed by atoms with Gasteiger partial charge in [-0.2, -0.15) is 0 Å². The summed E-state index contributed by atoms with van der Waals surface area (Å²) < 4.78 is 0. The number of benzene rings is 1. The number of carbonyl (C=O) groups is 1. The quantitative estimate of drug-likeness (QED) is 0.681. The molecule has 0 aliphatic heterocycles. The molecule has 1 aromatic heterocycles. The van der Waals surface area contributed by atoms with Gasteiger partial charge in [-0.25, -0.2) is 9.97 Å². The highest BCUT2D eigenvalue weighted by Crippen LogP contribution is 2.22. The molecule has 0 aliphatic carbocycles. The molecule has 3 nitrogen and oxygen atoms in total. The van der Waals surface area contributed by atoms with E-state index < -0.39 is 0 Å². The minimum Gasteiger partial charge on any atom is -0.287 e. The van der Waals surface area contributed by atoms with Gasteiger partial charge in [0.1, 0.15) is 5.03 Å². The fourth-order valence-corrected chi connectivity index (χ4v) is 2.40. The molecule has 0 N–H and O–H groups in total. The van der Waals surface area contributed by atoms with Gasteiger partial charge >= 0.3 is 0 Å². The zero-order valence-corrected chi connectivity index (χ0v) is 11.1. The summed E-state index contributed by atoms with van der Waals surface area (Å²) in [5.74, 6) is 0.904. The summed E-state index contributed by atoms with van der Waals surface area (Å²) in [5.41, 5.74) is 2.40. The first-order valence-corrected chi connectivity index (χ1v) is 6.74. The number of rotatable bonds is 4. The van der Waals surface area contributed by atoms with Crippen molar-refractivity contribution in [2.75, 3.05) is 5.75 Å². The van der Waals surface area contributed by atoms with Crippen LogP contribution in [0.1, 0.15) is 12.6 Å². The molecule has 17 heavy (non-hydrogen) atoms. The average molecular weight is 264 g/mol. The van der Waals surface area contributed by atoms with Crippen LogP contribution in [-0.4, -0.2) is 20.8 Å². The lowest BCUT2D eigenvalue weighted by molar-refractivity contribution is -0.110. The molecule has 1 heterocycles. The lowest BCUT2D eigenvalue weighted by Gasteiger charge is -2.06. The van der Waals surface area contributed by atoms with Crippen LogP contribution in [0.25, 0.3) is 11.0 Å². The van der Waals surface area contributed by atoms with Crippen molar-refractivity contribution in [2.24, 2.45) is 0 Å². The van der Waals surface area contributed by atoms with E-state index in [-0.39, 0.29) is 11.5 Å². The van der Waals surface area contributed by atoms with Gasteiger partial charge in [0.05, 0.1) is 23.1 Å². The molecule has 2 aromatic rings. The first-order chi connectivity index (χ1) is 8.20. The lowest BCUT2D eigenvalue weighted by atomic mass is 10.2. The van der Waals surface area contributed by atoms with Crippen LogP contribution in [0.2, 0.25) is 0 Å². The van der Waals surface area contributed by atoms with Crippen molar-refractivity contribution < 1.29 is 4.79 Å². The Hall–Kier alpha value is -1.07. The van der Waals surface area contributed by atoms with Crippen molar-refractivity contribution in [3.05, 3.63) is 30.0 Å². The van der Waals surface area contributed by atoms with Gasteiger partial charge in [0, 0.05) is 0 Å². The number of thiol groups is 1. The molecule has 0 unspecified atom stereocenters. The number of thioether (sulfide) groups is 1. The van der Waals surface area contributed by atoms with Gasteiger partial charge in [-0.05, 0) is 17.9 Å². The SMILES string of the molecule is CCSc1nc2ccccc2nc1CC(=O)S. The van der Waals surface area contributed by atoms with Gasteiger partial charge in [0.15, 0.2) is 5.12 Å². The van der Waals surface area contributed by atoms with E-state index in [2.05, 4.69) is 22.6 Å². The molecule has 1 aromatic carbocycles. The second kappa shape index (κ2) is 5.51. The zero-order chi connectivity index (χ0) is 12.3. The van der Waals surface area contributed by atoms with Crippen LogP contribution >= 0.6 is 24.4 Å². The van der Waals surface area contributed by atoms with Crippen LogP contribution in [0.5, 0.6) is 0 Å². The van der Waals surface area contributed by atoms with Gasteiger partial charge in [0.25, 0.3) is 0 Å². The predicted molar refractivity (Wildman–Crippen MR) is 73.6 cm³/mol. The Morgan fingerprint density at radius 1 is 1.29 bits per heavy atom. The smallest absolute Gasteiger partial charge is 0.191 e. The standard InChI is InChI=1S/C12H12N2OS2/c1-2-17-12-10(7-11(15)16)13-8-5-3-4-6-9(8)14-12/h3-6H,2,7H2,1H3,(H,15,16). The highest BCUT2D eigenvalue weighted by Gasteiger charge is 2.10. The third-order valence-electron chi connectivity index (χ3n) is 2.21. The molecule has 88 valence electrons. The second-order valence-electron chi connectivity index (χ2n) is 3.47. The van der Waals surface area contributed by atoms with E-state index in [1.54, 1.807) is 11.8 Å². The number of nitrogens with zero attached hydrogens (tertiary/aromatic N) is 2. The Morgan fingerprint density at radius 2 is 1.94 bits per heavy atom. The van der Waals surface area contributed by atoms with Crippen molar-refractivity contribution in [1.29, 1.82) is 0 Å². The predicted octanol–water partition coefficient (Wildman–Crippen LogP) is 2.74. The maximum atomic E-state index is 11.1. The maximum Gasteiger partial charge on any atom is 0.191 e. The van der Waals surface area contributed by atoms with Crippen molar-refractivity contribution >= 4 is 40.5 Å². The molecular weight excluding hydrogens is 252 g/mol. The topological polar surface area (TPSA) is 42.9 Å². The third-order valence-corrected chi connectivity index (χ3v) is 3.25. The summed E-state index contributed by atoms with van der Waals surface area (Å²) in [6.45, 7) is 2.05. The number of hydrogen-bond donors (Lipinski definition) is 1. The van der Waals surface area contributed by atoms with E-state index in [0.717, 1.165) is 27.5 Å².